The maximum absolute atomic E-state index is 12.3. The van der Waals surface area contributed by atoms with Crippen molar-refractivity contribution >= 4 is 35.1 Å². The number of thioether (sulfide) groups is 1. The number of ketones is 1. The van der Waals surface area contributed by atoms with Gasteiger partial charge in [-0.2, -0.15) is 5.26 Å². The van der Waals surface area contributed by atoms with Crippen molar-refractivity contribution in [1.82, 2.24) is 5.32 Å². The van der Waals surface area contributed by atoms with Gasteiger partial charge in [-0.15, -0.1) is 0 Å². The molecule has 142 valence electrons. The molecule has 7 heteroatoms. The highest BCUT2D eigenvalue weighted by Gasteiger charge is 2.33. The number of nitrogens with zero attached hydrogens (tertiary/aromatic N) is 1. The Morgan fingerprint density at radius 3 is 2.48 bits per heavy atom. The summed E-state index contributed by atoms with van der Waals surface area (Å²) in [5.41, 5.74) is 2.39. The third-order valence-electron chi connectivity index (χ3n) is 3.93. The number of nitrogens with one attached hydrogen (secondary N) is 1. The minimum atomic E-state index is -0.505. The highest BCUT2D eigenvalue weighted by atomic mass is 35.5. The zero-order valence-corrected chi connectivity index (χ0v) is 17.2. The number of nitriles is 1. The monoisotopic (exact) mass is 404 g/mol. The molecule has 0 saturated heterocycles. The number of hydrogen-bond acceptors (Lipinski definition) is 6. The van der Waals surface area contributed by atoms with E-state index in [1.54, 1.807) is 45.0 Å². The van der Waals surface area contributed by atoms with E-state index < -0.39 is 5.92 Å². The first-order chi connectivity index (χ1) is 12.7. The summed E-state index contributed by atoms with van der Waals surface area (Å²) in [5.74, 6) is -0.906. The van der Waals surface area contributed by atoms with Gasteiger partial charge in [0.05, 0.1) is 34.4 Å². The van der Waals surface area contributed by atoms with Crippen LogP contribution in [-0.4, -0.2) is 23.6 Å². The minimum absolute atomic E-state index is 0.0711. The molecular weight excluding hydrogens is 384 g/mol. The summed E-state index contributed by atoms with van der Waals surface area (Å²) in [6, 6.07) is 9.29. The lowest BCUT2D eigenvalue weighted by atomic mass is 9.81. The van der Waals surface area contributed by atoms with Gasteiger partial charge in [0, 0.05) is 16.3 Å². The van der Waals surface area contributed by atoms with Crippen molar-refractivity contribution in [2.75, 3.05) is 5.75 Å². The van der Waals surface area contributed by atoms with Crippen LogP contribution in [0.15, 0.2) is 46.1 Å². The fraction of sp³-hybridized carbons (Fsp3) is 0.350. The van der Waals surface area contributed by atoms with Gasteiger partial charge in [0.25, 0.3) is 0 Å². The average molecular weight is 405 g/mol. The Morgan fingerprint density at radius 2 is 1.96 bits per heavy atom. The topological polar surface area (TPSA) is 79.2 Å². The van der Waals surface area contributed by atoms with E-state index in [0.29, 0.717) is 26.9 Å². The molecule has 1 aliphatic rings. The number of carbonyl (C=O) groups excluding carboxylic acids is 2. The van der Waals surface area contributed by atoms with Crippen molar-refractivity contribution < 1.29 is 14.3 Å². The van der Waals surface area contributed by atoms with Crippen molar-refractivity contribution in [3.63, 3.8) is 0 Å². The highest BCUT2D eigenvalue weighted by Crippen LogP contribution is 2.41. The number of esters is 1. The van der Waals surface area contributed by atoms with Gasteiger partial charge in [-0.3, -0.25) is 9.59 Å². The second kappa shape index (κ2) is 9.12. The lowest BCUT2D eigenvalue weighted by Gasteiger charge is -2.29. The molecule has 2 rings (SSSR count). The van der Waals surface area contributed by atoms with Crippen LogP contribution in [0.1, 0.15) is 39.2 Å². The normalized spacial score (nSPS) is 16.9. The largest absolute Gasteiger partial charge is 0.462 e. The number of carbonyl (C=O) groups is 2. The van der Waals surface area contributed by atoms with Gasteiger partial charge in [-0.25, -0.2) is 0 Å². The van der Waals surface area contributed by atoms with Crippen molar-refractivity contribution in [2.24, 2.45) is 0 Å². The highest BCUT2D eigenvalue weighted by molar-refractivity contribution is 8.03. The molecule has 5 nitrogen and oxygen atoms in total. The standard InChI is InChI=1S/C20H21ClN2O3S/c1-11(2)26-17(25)10-27-20-16(9-22)19(14-5-7-15(21)8-6-14)18(13(4)24)12(3)23-20/h5-8,11,19,23H,10H2,1-4H3. The second-order valence-corrected chi connectivity index (χ2v) is 7.81. The minimum Gasteiger partial charge on any atom is -0.462 e. The van der Waals surface area contributed by atoms with Gasteiger partial charge in [0.1, 0.15) is 0 Å². The summed E-state index contributed by atoms with van der Waals surface area (Å²) in [5, 5.41) is 14.1. The molecule has 0 aliphatic carbocycles. The maximum Gasteiger partial charge on any atom is 0.316 e. The molecule has 1 N–H and O–H groups in total. The number of rotatable bonds is 6. The van der Waals surface area contributed by atoms with E-state index in [1.165, 1.54) is 18.7 Å². The van der Waals surface area contributed by atoms with E-state index in [9.17, 15) is 14.9 Å². The van der Waals surface area contributed by atoms with Crippen LogP contribution in [0.5, 0.6) is 0 Å². The summed E-state index contributed by atoms with van der Waals surface area (Å²) in [6.45, 7) is 6.84. The Kier molecular flexibility index (Phi) is 7.11. The van der Waals surface area contributed by atoms with E-state index in [4.69, 9.17) is 16.3 Å². The molecule has 1 atom stereocenters. The molecule has 1 aliphatic heterocycles. The second-order valence-electron chi connectivity index (χ2n) is 6.39. The molecule has 1 aromatic carbocycles. The average Bonchev–Trinajstić information content (AvgIpc) is 2.59. The molecule has 0 aromatic heterocycles. The molecular formula is C20H21ClN2O3S. The molecule has 0 amide bonds. The van der Waals surface area contributed by atoms with Crippen LogP contribution >= 0.6 is 23.4 Å². The third-order valence-corrected chi connectivity index (χ3v) is 5.17. The lowest BCUT2D eigenvalue weighted by Crippen LogP contribution is -2.27. The Balaban J connectivity index is 2.43. The number of benzene rings is 1. The molecule has 27 heavy (non-hydrogen) atoms. The molecule has 1 unspecified atom stereocenters. The molecule has 0 fully saturated rings. The van der Waals surface area contributed by atoms with E-state index in [-0.39, 0.29) is 23.6 Å². The molecule has 0 bridgehead atoms. The van der Waals surface area contributed by atoms with Crippen LogP contribution < -0.4 is 5.32 Å². The molecule has 1 heterocycles. The number of Topliss-reactive ketones (excluding diaryl/α,β-unsaturated/α-hetero) is 1. The Labute approximate surface area is 168 Å². The SMILES string of the molecule is CC(=O)C1=C(C)NC(SCC(=O)OC(C)C)=C(C#N)C1c1ccc(Cl)cc1. The van der Waals surface area contributed by atoms with Crippen LogP contribution in [0.4, 0.5) is 0 Å². The molecule has 0 radical (unpaired) electrons. The van der Waals surface area contributed by atoms with Crippen molar-refractivity contribution in [2.45, 2.75) is 39.7 Å². The Morgan fingerprint density at radius 1 is 1.33 bits per heavy atom. The lowest BCUT2D eigenvalue weighted by molar-refractivity contribution is -0.144. The first-order valence-corrected chi connectivity index (χ1v) is 9.81. The molecule has 0 saturated carbocycles. The number of halogens is 1. The predicted molar refractivity (Wildman–Crippen MR) is 107 cm³/mol. The quantitative estimate of drug-likeness (QED) is 0.711. The summed E-state index contributed by atoms with van der Waals surface area (Å²) >= 11 is 7.18. The number of ether oxygens (including phenoxy) is 1. The van der Waals surface area contributed by atoms with Gasteiger partial charge < -0.3 is 10.1 Å². The van der Waals surface area contributed by atoms with Crippen LogP contribution in [0, 0.1) is 11.3 Å². The van der Waals surface area contributed by atoms with Crippen molar-refractivity contribution in [3.8, 4) is 6.07 Å². The van der Waals surface area contributed by atoms with Crippen LogP contribution in [-0.2, 0) is 14.3 Å². The first kappa shape index (κ1) is 21.1. The zero-order chi connectivity index (χ0) is 20.1. The number of allylic oxidation sites excluding steroid dienone is 3. The van der Waals surface area contributed by atoms with Gasteiger partial charge in [0.2, 0.25) is 0 Å². The number of hydrogen-bond donors (Lipinski definition) is 1. The van der Waals surface area contributed by atoms with Gasteiger partial charge in [0.15, 0.2) is 5.78 Å². The van der Waals surface area contributed by atoms with Crippen LogP contribution in [0.2, 0.25) is 5.02 Å². The van der Waals surface area contributed by atoms with Gasteiger partial charge >= 0.3 is 5.97 Å². The van der Waals surface area contributed by atoms with E-state index in [0.717, 1.165) is 5.56 Å². The third kappa shape index (κ3) is 5.15. The maximum atomic E-state index is 12.3. The van der Waals surface area contributed by atoms with Crippen LogP contribution in [0.3, 0.4) is 0 Å². The Bertz CT molecular complexity index is 851. The van der Waals surface area contributed by atoms with Gasteiger partial charge in [-0.1, -0.05) is 35.5 Å². The van der Waals surface area contributed by atoms with E-state index in [2.05, 4.69) is 11.4 Å². The summed E-state index contributed by atoms with van der Waals surface area (Å²) in [6.07, 6.45) is -0.199. The smallest absolute Gasteiger partial charge is 0.316 e. The van der Waals surface area contributed by atoms with Crippen LogP contribution in [0.25, 0.3) is 0 Å². The predicted octanol–water partition coefficient (Wildman–Crippen LogP) is 4.31. The number of dihydropyridines is 1. The van der Waals surface area contributed by atoms with E-state index in [1.807, 2.05) is 0 Å². The van der Waals surface area contributed by atoms with Crippen molar-refractivity contribution in [3.05, 3.63) is 56.7 Å². The fourth-order valence-corrected chi connectivity index (χ4v) is 3.91. The first-order valence-electron chi connectivity index (χ1n) is 8.45. The summed E-state index contributed by atoms with van der Waals surface area (Å²) < 4.78 is 5.15. The summed E-state index contributed by atoms with van der Waals surface area (Å²) in [7, 11) is 0. The summed E-state index contributed by atoms with van der Waals surface area (Å²) in [4.78, 5) is 24.2. The zero-order valence-electron chi connectivity index (χ0n) is 15.6. The fourth-order valence-electron chi connectivity index (χ4n) is 2.91. The van der Waals surface area contributed by atoms with Gasteiger partial charge in [-0.05, 0) is 45.4 Å². The molecule has 1 aromatic rings. The van der Waals surface area contributed by atoms with E-state index >= 15 is 0 Å². The molecule has 0 spiro atoms. The van der Waals surface area contributed by atoms with Crippen molar-refractivity contribution in [1.29, 1.82) is 5.26 Å². The Hall–Kier alpha value is -2.23.